The highest BCUT2D eigenvalue weighted by atomic mass is 16.6. The van der Waals surface area contributed by atoms with E-state index in [2.05, 4.69) is 36.7 Å². The molecule has 2 aliphatic rings. The van der Waals surface area contributed by atoms with Crippen molar-refractivity contribution in [3.05, 3.63) is 0 Å². The van der Waals surface area contributed by atoms with Gasteiger partial charge in [0.25, 0.3) is 5.91 Å². The Kier molecular flexibility index (Phi) is 16.7. The van der Waals surface area contributed by atoms with E-state index in [1.807, 2.05) is 6.92 Å². The number of nitrogens with one attached hydrogen (secondary N) is 3. The van der Waals surface area contributed by atoms with E-state index in [1.54, 1.807) is 48.5 Å². The van der Waals surface area contributed by atoms with Crippen molar-refractivity contribution in [1.82, 2.24) is 20.9 Å². The maximum atomic E-state index is 13.7. The van der Waals surface area contributed by atoms with Gasteiger partial charge in [0.2, 0.25) is 17.6 Å². The van der Waals surface area contributed by atoms with Crippen LogP contribution in [0.5, 0.6) is 0 Å². The number of esters is 1. The van der Waals surface area contributed by atoms with Crippen LogP contribution in [-0.4, -0.2) is 76.7 Å². The van der Waals surface area contributed by atoms with Gasteiger partial charge in [-0.25, -0.2) is 9.59 Å². The number of likely N-dealkylation sites (tertiary alicyclic amines) is 1. The fourth-order valence-corrected chi connectivity index (χ4v) is 4.14. The molecule has 1 heterocycles. The lowest BCUT2D eigenvalue weighted by atomic mass is 9.85. The van der Waals surface area contributed by atoms with Gasteiger partial charge in [-0.05, 0) is 57.8 Å². The molecule has 1 aliphatic heterocycles. The lowest BCUT2D eigenvalue weighted by Gasteiger charge is -2.36. The molecule has 1 saturated heterocycles. The Bertz CT molecular complexity index is 998. The Labute approximate surface area is 264 Å². The highest BCUT2D eigenvalue weighted by Crippen LogP contribution is 2.29. The van der Waals surface area contributed by atoms with Crippen molar-refractivity contribution < 1.29 is 33.5 Å². The van der Waals surface area contributed by atoms with E-state index in [0.717, 1.165) is 5.92 Å². The molecule has 254 valence electrons. The smallest absolute Gasteiger partial charge is 0.329 e. The molecule has 12 nitrogen and oxygen atoms in total. The van der Waals surface area contributed by atoms with Crippen LogP contribution in [0.1, 0.15) is 115 Å². The average Bonchev–Trinajstić information content (AvgIpc) is 3.57. The van der Waals surface area contributed by atoms with E-state index >= 15 is 0 Å². The zero-order valence-corrected chi connectivity index (χ0v) is 29.1. The first-order chi connectivity index (χ1) is 20.1. The minimum absolute atomic E-state index is 0.0204. The molecule has 0 aromatic carbocycles. The number of carbonyl (C=O) groups is 6. The molecule has 0 bridgehead atoms. The molecule has 5 N–H and O–H groups in total. The number of nitrogens with two attached hydrogens (primary N) is 1. The molecular formula is C32H59N5O7. The molecule has 1 saturated carbocycles. The number of nitrogens with zero attached hydrogens (tertiary/aromatic N) is 1. The third kappa shape index (κ3) is 15.0. The van der Waals surface area contributed by atoms with Gasteiger partial charge in [0, 0.05) is 6.54 Å². The predicted molar refractivity (Wildman–Crippen MR) is 170 cm³/mol. The molecule has 0 aromatic rings. The van der Waals surface area contributed by atoms with Crippen LogP contribution in [0.3, 0.4) is 0 Å². The minimum Gasteiger partial charge on any atom is -0.458 e. The van der Waals surface area contributed by atoms with E-state index < -0.39 is 70.7 Å². The number of primary amides is 1. The van der Waals surface area contributed by atoms with Crippen molar-refractivity contribution in [1.29, 1.82) is 0 Å². The normalized spacial score (nSPS) is 19.9. The molecular weight excluding hydrogens is 566 g/mol. The Morgan fingerprint density at radius 2 is 1.39 bits per heavy atom. The second kappa shape index (κ2) is 17.9. The van der Waals surface area contributed by atoms with Crippen molar-refractivity contribution in [3.63, 3.8) is 0 Å². The molecule has 12 heteroatoms. The molecule has 0 aromatic heterocycles. The highest BCUT2D eigenvalue weighted by Gasteiger charge is 2.44. The van der Waals surface area contributed by atoms with E-state index in [0.29, 0.717) is 6.42 Å². The van der Waals surface area contributed by atoms with Crippen LogP contribution in [-0.2, 0) is 28.7 Å². The number of Topliss-reactive ketones (excluding diaryl/α,β-unsaturated/α-hetero) is 1. The summed E-state index contributed by atoms with van der Waals surface area (Å²) in [4.78, 5) is 76.3. The van der Waals surface area contributed by atoms with Crippen LogP contribution in [0.15, 0.2) is 0 Å². The Morgan fingerprint density at radius 1 is 0.886 bits per heavy atom. The summed E-state index contributed by atoms with van der Waals surface area (Å²) in [5, 5.41) is 7.70. The number of urea groups is 1. The highest BCUT2D eigenvalue weighted by molar-refractivity contribution is 6.37. The fourth-order valence-electron chi connectivity index (χ4n) is 4.14. The summed E-state index contributed by atoms with van der Waals surface area (Å²) in [6.45, 7) is 22.2. The molecule has 2 rings (SSSR count). The topological polar surface area (TPSA) is 177 Å². The van der Waals surface area contributed by atoms with E-state index in [9.17, 15) is 28.8 Å². The van der Waals surface area contributed by atoms with Crippen LogP contribution < -0.4 is 21.7 Å². The van der Waals surface area contributed by atoms with E-state index in [1.165, 1.54) is 31.1 Å². The summed E-state index contributed by atoms with van der Waals surface area (Å²) >= 11 is 0. The zero-order chi connectivity index (χ0) is 34.6. The first-order valence-electron chi connectivity index (χ1n) is 15.8. The number of carbonyl (C=O) groups excluding carboxylic acids is 6. The van der Waals surface area contributed by atoms with Crippen molar-refractivity contribution in [3.8, 4) is 0 Å². The van der Waals surface area contributed by atoms with Crippen molar-refractivity contribution in [2.45, 2.75) is 145 Å². The Balaban J connectivity index is 0.00000234. The van der Waals surface area contributed by atoms with Crippen molar-refractivity contribution >= 4 is 35.5 Å². The molecule has 44 heavy (non-hydrogen) atoms. The molecule has 5 amide bonds. The number of amides is 5. The summed E-state index contributed by atoms with van der Waals surface area (Å²) in [5.74, 6) is -2.71. The molecule has 5 atom stereocenters. The van der Waals surface area contributed by atoms with Crippen LogP contribution in [0.25, 0.3) is 0 Å². The minimum atomic E-state index is -1.17. The summed E-state index contributed by atoms with van der Waals surface area (Å²) in [7, 11) is 0. The summed E-state index contributed by atoms with van der Waals surface area (Å²) in [6.07, 6.45) is 4.85. The van der Waals surface area contributed by atoms with Gasteiger partial charge in [0.1, 0.15) is 23.7 Å². The molecule has 3 unspecified atom stereocenters. The van der Waals surface area contributed by atoms with Gasteiger partial charge in [0.15, 0.2) is 0 Å². The SMILES string of the molecule is CC1CC1.CCC.CCC(NC(=O)NC(C(=O)N1C[C@H](C)C[C@H]1C(=O)NC(C)C(=O)C(N)=O)C(C)(C)C)C(=O)OC(C)(C)C. The lowest BCUT2D eigenvalue weighted by Crippen LogP contribution is -2.60. The van der Waals surface area contributed by atoms with Crippen molar-refractivity contribution in [2.75, 3.05) is 6.54 Å². The second-order valence-corrected chi connectivity index (χ2v) is 14.1. The zero-order valence-electron chi connectivity index (χ0n) is 29.1. The van der Waals surface area contributed by atoms with Gasteiger partial charge in [-0.1, -0.05) is 74.7 Å². The number of rotatable bonds is 9. The monoisotopic (exact) mass is 625 g/mol. The molecule has 1 aliphatic carbocycles. The average molecular weight is 626 g/mol. The molecule has 0 radical (unpaired) electrons. The maximum Gasteiger partial charge on any atom is 0.329 e. The van der Waals surface area contributed by atoms with Crippen LogP contribution in [0, 0.1) is 17.3 Å². The van der Waals surface area contributed by atoms with Crippen LogP contribution in [0.4, 0.5) is 4.79 Å². The third-order valence-electron chi connectivity index (χ3n) is 6.75. The third-order valence-corrected chi connectivity index (χ3v) is 6.75. The summed E-state index contributed by atoms with van der Waals surface area (Å²) in [5.41, 5.74) is 3.54. The van der Waals surface area contributed by atoms with Gasteiger partial charge in [-0.3, -0.25) is 19.2 Å². The predicted octanol–water partition coefficient (Wildman–Crippen LogP) is 3.45. The maximum absolute atomic E-state index is 13.7. The Hall–Kier alpha value is -3.18. The second-order valence-electron chi connectivity index (χ2n) is 14.1. The van der Waals surface area contributed by atoms with Crippen LogP contribution in [0.2, 0.25) is 0 Å². The largest absolute Gasteiger partial charge is 0.458 e. The van der Waals surface area contributed by atoms with Gasteiger partial charge in [-0.15, -0.1) is 0 Å². The van der Waals surface area contributed by atoms with Crippen molar-refractivity contribution in [2.24, 2.45) is 23.0 Å². The number of hydrogen-bond acceptors (Lipinski definition) is 7. The Morgan fingerprint density at radius 3 is 1.77 bits per heavy atom. The van der Waals surface area contributed by atoms with Gasteiger partial charge >= 0.3 is 12.0 Å². The van der Waals surface area contributed by atoms with E-state index in [4.69, 9.17) is 10.5 Å². The van der Waals surface area contributed by atoms with Gasteiger partial charge in [-0.2, -0.15) is 0 Å². The first kappa shape index (κ1) is 40.8. The van der Waals surface area contributed by atoms with Gasteiger partial charge in [0.05, 0.1) is 6.04 Å². The fraction of sp³-hybridized carbons (Fsp3) is 0.812. The first-order valence-corrected chi connectivity index (χ1v) is 15.8. The van der Waals surface area contributed by atoms with Crippen LogP contribution >= 0.6 is 0 Å². The molecule has 2 fully saturated rings. The number of ether oxygens (including phenoxy) is 1. The quantitative estimate of drug-likeness (QED) is 0.224. The van der Waals surface area contributed by atoms with E-state index in [-0.39, 0.29) is 18.9 Å². The standard InChI is InChI=1S/C25H43N5O7.C4H8.C3H8/c1-10-15(22(35)37-25(7,8)9)28-23(36)29-18(24(4,5)6)21(34)30-12-13(2)11-16(30)20(33)27-14(3)17(31)19(26)32;1-4-2-3-4;1-3-2/h13-16,18H,10-12H2,1-9H3,(H2,26,32)(H,27,33)(H2,28,29,36);4H,2-3H2,1H3;3H2,1-2H3/t13-,14?,15?,16+,18?;;/m1../s1. The lowest BCUT2D eigenvalue weighted by molar-refractivity contribution is -0.157. The molecule has 0 spiro atoms. The van der Waals surface area contributed by atoms with Gasteiger partial charge < -0.3 is 31.3 Å². The summed E-state index contributed by atoms with van der Waals surface area (Å²) in [6, 6.07) is -4.71. The summed E-state index contributed by atoms with van der Waals surface area (Å²) < 4.78 is 5.35. The number of hydrogen-bond donors (Lipinski definition) is 4. The number of ketones is 1.